The standard InChI is InChI=1S/C23H27NO2/c1-5-26-22(25)16-24(23(2,3)4)15-18-14-17-10-6-7-11-19(17)21-13-9-8-12-20(18)21/h6-14H,5,15-16H2,1-4H3. The van der Waals surface area contributed by atoms with Gasteiger partial charge in [-0.2, -0.15) is 0 Å². The van der Waals surface area contributed by atoms with Gasteiger partial charge in [-0.3, -0.25) is 9.69 Å². The lowest BCUT2D eigenvalue weighted by atomic mass is 9.95. The molecule has 26 heavy (non-hydrogen) atoms. The number of carbonyl (C=O) groups excluding carboxylic acids is 1. The number of benzene rings is 3. The average molecular weight is 349 g/mol. The Balaban J connectivity index is 2.05. The fourth-order valence-electron chi connectivity index (χ4n) is 3.36. The summed E-state index contributed by atoms with van der Waals surface area (Å²) in [6.45, 7) is 9.65. The summed E-state index contributed by atoms with van der Waals surface area (Å²) in [5, 5.41) is 4.99. The van der Waals surface area contributed by atoms with Crippen LogP contribution in [0.5, 0.6) is 0 Å². The summed E-state index contributed by atoms with van der Waals surface area (Å²) >= 11 is 0. The van der Waals surface area contributed by atoms with Gasteiger partial charge in [0, 0.05) is 12.1 Å². The lowest BCUT2D eigenvalue weighted by Gasteiger charge is -2.35. The molecule has 0 heterocycles. The molecule has 3 nitrogen and oxygen atoms in total. The Hall–Kier alpha value is -2.39. The monoisotopic (exact) mass is 349 g/mol. The molecule has 0 aliphatic heterocycles. The highest BCUT2D eigenvalue weighted by Crippen LogP contribution is 2.30. The van der Waals surface area contributed by atoms with E-state index in [1.54, 1.807) is 0 Å². The fraction of sp³-hybridized carbons (Fsp3) is 0.348. The van der Waals surface area contributed by atoms with Crippen molar-refractivity contribution < 1.29 is 9.53 Å². The zero-order valence-electron chi connectivity index (χ0n) is 16.1. The van der Waals surface area contributed by atoms with Gasteiger partial charge in [0.1, 0.15) is 0 Å². The molecule has 0 atom stereocenters. The number of nitrogens with zero attached hydrogens (tertiary/aromatic N) is 1. The topological polar surface area (TPSA) is 29.5 Å². The Bertz CT molecular complexity index is 924. The van der Waals surface area contributed by atoms with E-state index in [-0.39, 0.29) is 11.5 Å². The predicted octanol–water partition coefficient (Wildman–Crippen LogP) is 5.16. The van der Waals surface area contributed by atoms with Crippen molar-refractivity contribution in [1.82, 2.24) is 4.90 Å². The first-order valence-corrected chi connectivity index (χ1v) is 9.20. The zero-order chi connectivity index (χ0) is 18.7. The molecule has 0 unspecified atom stereocenters. The first kappa shape index (κ1) is 18.4. The van der Waals surface area contributed by atoms with Crippen LogP contribution in [0.2, 0.25) is 0 Å². The molecule has 0 N–H and O–H groups in total. The Labute approximate surface area is 155 Å². The van der Waals surface area contributed by atoms with Gasteiger partial charge in [0.25, 0.3) is 0 Å². The maximum Gasteiger partial charge on any atom is 0.320 e. The molecule has 0 saturated heterocycles. The summed E-state index contributed by atoms with van der Waals surface area (Å²) in [4.78, 5) is 14.3. The first-order valence-electron chi connectivity index (χ1n) is 9.20. The van der Waals surface area contributed by atoms with E-state index in [1.165, 1.54) is 27.1 Å². The molecular weight excluding hydrogens is 322 g/mol. The summed E-state index contributed by atoms with van der Waals surface area (Å²) in [7, 11) is 0. The highest BCUT2D eigenvalue weighted by molar-refractivity contribution is 6.08. The second kappa shape index (κ2) is 7.46. The number of ether oxygens (including phenoxy) is 1. The van der Waals surface area contributed by atoms with E-state index in [9.17, 15) is 4.79 Å². The van der Waals surface area contributed by atoms with Crippen LogP contribution < -0.4 is 0 Å². The van der Waals surface area contributed by atoms with Gasteiger partial charge < -0.3 is 4.74 Å². The molecular formula is C23H27NO2. The molecule has 0 aliphatic carbocycles. The van der Waals surface area contributed by atoms with Gasteiger partial charge in [-0.15, -0.1) is 0 Å². The zero-order valence-corrected chi connectivity index (χ0v) is 16.1. The van der Waals surface area contributed by atoms with Gasteiger partial charge in [-0.1, -0.05) is 48.5 Å². The van der Waals surface area contributed by atoms with Crippen molar-refractivity contribution in [2.24, 2.45) is 0 Å². The molecule has 0 aromatic heterocycles. The molecule has 3 aromatic carbocycles. The van der Waals surface area contributed by atoms with Crippen molar-refractivity contribution >= 4 is 27.5 Å². The van der Waals surface area contributed by atoms with Gasteiger partial charge in [0.2, 0.25) is 0 Å². The third-order valence-corrected chi connectivity index (χ3v) is 4.79. The fourth-order valence-corrected chi connectivity index (χ4v) is 3.36. The van der Waals surface area contributed by atoms with Crippen molar-refractivity contribution in [2.45, 2.75) is 39.8 Å². The van der Waals surface area contributed by atoms with E-state index < -0.39 is 0 Å². The second-order valence-corrected chi connectivity index (χ2v) is 7.63. The van der Waals surface area contributed by atoms with Crippen LogP contribution in [0.1, 0.15) is 33.3 Å². The highest BCUT2D eigenvalue weighted by atomic mass is 16.5. The van der Waals surface area contributed by atoms with E-state index in [2.05, 4.69) is 80.3 Å². The molecule has 0 spiro atoms. The first-order chi connectivity index (χ1) is 12.4. The van der Waals surface area contributed by atoms with Gasteiger partial charge in [0.05, 0.1) is 13.2 Å². The molecule has 3 aromatic rings. The van der Waals surface area contributed by atoms with E-state index in [0.29, 0.717) is 19.7 Å². The van der Waals surface area contributed by atoms with E-state index in [4.69, 9.17) is 4.74 Å². The van der Waals surface area contributed by atoms with Crippen LogP contribution in [0.3, 0.4) is 0 Å². The van der Waals surface area contributed by atoms with Crippen molar-refractivity contribution in [3.63, 3.8) is 0 Å². The SMILES string of the molecule is CCOC(=O)CN(Cc1cc2ccccc2c2ccccc12)C(C)(C)C. The van der Waals surface area contributed by atoms with Gasteiger partial charge in [-0.05, 0) is 60.9 Å². The largest absolute Gasteiger partial charge is 0.465 e. The molecule has 0 aliphatic rings. The summed E-state index contributed by atoms with van der Waals surface area (Å²) in [6.07, 6.45) is 0. The van der Waals surface area contributed by atoms with Crippen molar-refractivity contribution in [3.05, 3.63) is 60.2 Å². The molecule has 0 bridgehead atoms. The van der Waals surface area contributed by atoms with Crippen LogP contribution in [0.15, 0.2) is 54.6 Å². The highest BCUT2D eigenvalue weighted by Gasteiger charge is 2.25. The normalized spacial score (nSPS) is 12.0. The molecule has 0 saturated carbocycles. The van der Waals surface area contributed by atoms with Crippen LogP contribution in [0.4, 0.5) is 0 Å². The summed E-state index contributed by atoms with van der Waals surface area (Å²) < 4.78 is 5.18. The van der Waals surface area contributed by atoms with Crippen LogP contribution in [-0.2, 0) is 16.1 Å². The number of fused-ring (bicyclic) bond motifs is 3. The molecule has 3 heteroatoms. The minimum atomic E-state index is -0.174. The van der Waals surface area contributed by atoms with Gasteiger partial charge in [-0.25, -0.2) is 0 Å². The minimum Gasteiger partial charge on any atom is -0.465 e. The van der Waals surface area contributed by atoms with Crippen LogP contribution in [0, 0.1) is 0 Å². The van der Waals surface area contributed by atoms with Gasteiger partial charge in [0.15, 0.2) is 0 Å². The molecule has 0 fully saturated rings. The summed E-state index contributed by atoms with van der Waals surface area (Å²) in [6, 6.07) is 19.2. The third kappa shape index (κ3) is 3.88. The lowest BCUT2D eigenvalue weighted by molar-refractivity contribution is -0.146. The summed E-state index contributed by atoms with van der Waals surface area (Å²) in [5.74, 6) is -0.174. The number of hydrogen-bond acceptors (Lipinski definition) is 3. The quantitative estimate of drug-likeness (QED) is 0.471. The lowest BCUT2D eigenvalue weighted by Crippen LogP contribution is -2.44. The van der Waals surface area contributed by atoms with Crippen LogP contribution >= 0.6 is 0 Å². The number of carbonyl (C=O) groups is 1. The Morgan fingerprint density at radius 1 is 0.962 bits per heavy atom. The van der Waals surface area contributed by atoms with Gasteiger partial charge >= 0.3 is 5.97 Å². The number of rotatable bonds is 5. The number of esters is 1. The Kier molecular flexibility index (Phi) is 5.28. The number of hydrogen-bond donors (Lipinski definition) is 0. The summed E-state index contributed by atoms with van der Waals surface area (Å²) in [5.41, 5.74) is 1.10. The maximum absolute atomic E-state index is 12.1. The maximum atomic E-state index is 12.1. The molecule has 3 rings (SSSR count). The molecule has 0 amide bonds. The van der Waals surface area contributed by atoms with E-state index >= 15 is 0 Å². The Morgan fingerprint density at radius 2 is 1.58 bits per heavy atom. The Morgan fingerprint density at radius 3 is 2.23 bits per heavy atom. The molecule has 0 radical (unpaired) electrons. The van der Waals surface area contributed by atoms with Crippen molar-refractivity contribution in [2.75, 3.05) is 13.2 Å². The van der Waals surface area contributed by atoms with E-state index in [0.717, 1.165) is 0 Å². The van der Waals surface area contributed by atoms with Crippen LogP contribution in [-0.4, -0.2) is 29.6 Å². The second-order valence-electron chi connectivity index (χ2n) is 7.63. The molecule has 136 valence electrons. The van der Waals surface area contributed by atoms with Crippen molar-refractivity contribution in [1.29, 1.82) is 0 Å². The van der Waals surface area contributed by atoms with E-state index in [1.807, 2.05) is 6.92 Å². The minimum absolute atomic E-state index is 0.139. The third-order valence-electron chi connectivity index (χ3n) is 4.79. The smallest absolute Gasteiger partial charge is 0.320 e. The van der Waals surface area contributed by atoms with Crippen LogP contribution in [0.25, 0.3) is 21.5 Å². The average Bonchev–Trinajstić information content (AvgIpc) is 2.61. The predicted molar refractivity (Wildman–Crippen MR) is 108 cm³/mol. The van der Waals surface area contributed by atoms with Crippen molar-refractivity contribution in [3.8, 4) is 0 Å².